The number of nitrogens with one attached hydrogen (secondary N) is 2. The largest absolute Gasteiger partial charge is 0.357 e. The first-order valence-electron chi connectivity index (χ1n) is 6.49. The molecule has 0 spiro atoms. The van der Waals surface area contributed by atoms with Crippen molar-refractivity contribution in [1.29, 1.82) is 0 Å². The van der Waals surface area contributed by atoms with Crippen LogP contribution in [-0.2, 0) is 6.54 Å². The van der Waals surface area contributed by atoms with Gasteiger partial charge in [0.05, 0.1) is 6.54 Å². The molecule has 106 valence electrons. The second-order valence-corrected chi connectivity index (χ2v) is 5.60. The van der Waals surface area contributed by atoms with E-state index >= 15 is 0 Å². The number of halogens is 2. The van der Waals surface area contributed by atoms with Gasteiger partial charge in [0.1, 0.15) is 0 Å². The molecule has 0 heterocycles. The summed E-state index contributed by atoms with van der Waals surface area (Å²) in [4.78, 5) is 4.63. The quantitative estimate of drug-likeness (QED) is 0.429. The topological polar surface area (TPSA) is 36.4 Å². The van der Waals surface area contributed by atoms with Crippen molar-refractivity contribution in [3.05, 3.63) is 33.8 Å². The summed E-state index contributed by atoms with van der Waals surface area (Å²) >= 11 is 3.48. The van der Waals surface area contributed by atoms with Gasteiger partial charge in [0.15, 0.2) is 5.96 Å². The molecule has 1 fully saturated rings. The molecule has 0 aliphatic heterocycles. The first kappa shape index (κ1) is 16.8. The van der Waals surface area contributed by atoms with Gasteiger partial charge in [-0.3, -0.25) is 0 Å². The first-order chi connectivity index (χ1) is 8.69. The summed E-state index contributed by atoms with van der Waals surface area (Å²) in [5.41, 5.74) is 2.54. The molecule has 3 nitrogen and oxygen atoms in total. The zero-order valence-corrected chi connectivity index (χ0v) is 15.3. The van der Waals surface area contributed by atoms with Crippen LogP contribution in [0.1, 0.15) is 30.9 Å². The van der Waals surface area contributed by atoms with E-state index in [0.717, 1.165) is 23.5 Å². The standard InChI is InChI=1S/C14H20BrN3.HI/c1-3-16-14(18-13-6-7-13)17-9-11-4-5-12(15)8-10(11)2;/h4-5,8,13H,3,6-7,9H2,1-2H3,(H2,16,17,18);1H. The Balaban J connectivity index is 0.00000180. The van der Waals surface area contributed by atoms with Crippen LogP contribution in [-0.4, -0.2) is 18.5 Å². The van der Waals surface area contributed by atoms with E-state index in [1.165, 1.54) is 24.0 Å². The highest BCUT2D eigenvalue weighted by Crippen LogP contribution is 2.19. The van der Waals surface area contributed by atoms with Gasteiger partial charge in [-0.2, -0.15) is 0 Å². The van der Waals surface area contributed by atoms with E-state index in [2.05, 4.69) is 63.6 Å². The number of hydrogen-bond acceptors (Lipinski definition) is 1. The zero-order valence-electron chi connectivity index (χ0n) is 11.4. The van der Waals surface area contributed by atoms with Crippen LogP contribution in [0.5, 0.6) is 0 Å². The minimum absolute atomic E-state index is 0. The summed E-state index contributed by atoms with van der Waals surface area (Å²) in [6.45, 7) is 5.84. The number of aliphatic imine (C=N–C) groups is 1. The smallest absolute Gasteiger partial charge is 0.191 e. The predicted octanol–water partition coefficient (Wildman–Crippen LogP) is 3.59. The summed E-state index contributed by atoms with van der Waals surface area (Å²) in [5, 5.41) is 6.71. The van der Waals surface area contributed by atoms with E-state index in [1.807, 2.05) is 0 Å². The fraction of sp³-hybridized carbons (Fsp3) is 0.500. The number of guanidine groups is 1. The normalized spacial score (nSPS) is 14.8. The number of hydrogen-bond donors (Lipinski definition) is 2. The van der Waals surface area contributed by atoms with Gasteiger partial charge in [-0.1, -0.05) is 22.0 Å². The Kier molecular flexibility index (Phi) is 7.13. The molecule has 19 heavy (non-hydrogen) atoms. The van der Waals surface area contributed by atoms with Crippen molar-refractivity contribution in [2.75, 3.05) is 6.54 Å². The average molecular weight is 438 g/mol. The Morgan fingerprint density at radius 2 is 2.16 bits per heavy atom. The maximum absolute atomic E-state index is 4.63. The molecule has 0 amide bonds. The van der Waals surface area contributed by atoms with Gasteiger partial charge in [0.2, 0.25) is 0 Å². The minimum atomic E-state index is 0. The van der Waals surface area contributed by atoms with E-state index in [0.29, 0.717) is 6.04 Å². The van der Waals surface area contributed by atoms with Gasteiger partial charge in [-0.25, -0.2) is 4.99 Å². The van der Waals surface area contributed by atoms with Gasteiger partial charge in [0.25, 0.3) is 0 Å². The molecule has 0 saturated heterocycles. The third-order valence-corrected chi connectivity index (χ3v) is 3.47. The van der Waals surface area contributed by atoms with Crippen molar-refractivity contribution >= 4 is 45.9 Å². The molecule has 0 unspecified atom stereocenters. The van der Waals surface area contributed by atoms with E-state index in [-0.39, 0.29) is 24.0 Å². The zero-order chi connectivity index (χ0) is 13.0. The highest BCUT2D eigenvalue weighted by atomic mass is 127. The maximum Gasteiger partial charge on any atom is 0.191 e. The Morgan fingerprint density at radius 3 is 2.74 bits per heavy atom. The van der Waals surface area contributed by atoms with Crippen molar-refractivity contribution in [3.63, 3.8) is 0 Å². The fourth-order valence-corrected chi connectivity index (χ4v) is 2.22. The number of nitrogens with zero attached hydrogens (tertiary/aromatic N) is 1. The molecule has 5 heteroatoms. The molecule has 1 aromatic carbocycles. The number of rotatable bonds is 4. The highest BCUT2D eigenvalue weighted by molar-refractivity contribution is 14.0. The van der Waals surface area contributed by atoms with Crippen molar-refractivity contribution in [3.8, 4) is 0 Å². The van der Waals surface area contributed by atoms with E-state index < -0.39 is 0 Å². The van der Waals surface area contributed by atoms with Crippen molar-refractivity contribution in [1.82, 2.24) is 10.6 Å². The van der Waals surface area contributed by atoms with E-state index in [4.69, 9.17) is 0 Å². The fourth-order valence-electron chi connectivity index (χ4n) is 1.74. The summed E-state index contributed by atoms with van der Waals surface area (Å²) in [7, 11) is 0. The lowest BCUT2D eigenvalue weighted by atomic mass is 10.1. The third kappa shape index (κ3) is 5.69. The van der Waals surface area contributed by atoms with Crippen LogP contribution in [0.15, 0.2) is 27.7 Å². The van der Waals surface area contributed by atoms with Gasteiger partial charge >= 0.3 is 0 Å². The predicted molar refractivity (Wildman–Crippen MR) is 95.3 cm³/mol. The lowest BCUT2D eigenvalue weighted by Gasteiger charge is -2.11. The second kappa shape index (κ2) is 8.09. The monoisotopic (exact) mass is 437 g/mol. The second-order valence-electron chi connectivity index (χ2n) is 4.68. The lowest BCUT2D eigenvalue weighted by molar-refractivity contribution is 0.811. The molecule has 0 atom stereocenters. The minimum Gasteiger partial charge on any atom is -0.357 e. The summed E-state index contributed by atoms with van der Waals surface area (Å²) in [6, 6.07) is 6.96. The summed E-state index contributed by atoms with van der Waals surface area (Å²) in [5.74, 6) is 0.933. The lowest BCUT2D eigenvalue weighted by Crippen LogP contribution is -2.38. The van der Waals surface area contributed by atoms with Crippen molar-refractivity contribution < 1.29 is 0 Å². The van der Waals surface area contributed by atoms with Crippen molar-refractivity contribution in [2.45, 2.75) is 39.3 Å². The van der Waals surface area contributed by atoms with Crippen LogP contribution in [0.25, 0.3) is 0 Å². The SMILES string of the molecule is CCNC(=NCc1ccc(Br)cc1C)NC1CC1.I. The van der Waals surface area contributed by atoms with Gasteiger partial charge < -0.3 is 10.6 Å². The van der Waals surface area contributed by atoms with Crippen LogP contribution < -0.4 is 10.6 Å². The molecule has 1 aromatic rings. The maximum atomic E-state index is 4.63. The average Bonchev–Trinajstić information content (AvgIpc) is 3.12. The molecule has 0 radical (unpaired) electrons. The molecule has 0 aromatic heterocycles. The van der Waals surface area contributed by atoms with Crippen LogP contribution in [0, 0.1) is 6.92 Å². The third-order valence-electron chi connectivity index (χ3n) is 2.97. The van der Waals surface area contributed by atoms with Crippen LogP contribution in [0.3, 0.4) is 0 Å². The Bertz CT molecular complexity index is 444. The van der Waals surface area contributed by atoms with Crippen LogP contribution >= 0.6 is 39.9 Å². The Morgan fingerprint density at radius 1 is 1.42 bits per heavy atom. The van der Waals surface area contributed by atoms with E-state index in [1.54, 1.807) is 0 Å². The van der Waals surface area contributed by atoms with Crippen LogP contribution in [0.4, 0.5) is 0 Å². The van der Waals surface area contributed by atoms with Gasteiger partial charge in [-0.05, 0) is 49.9 Å². The molecular formula is C14H21BrIN3. The molecule has 1 saturated carbocycles. The number of benzene rings is 1. The molecule has 0 bridgehead atoms. The molecule has 1 aliphatic carbocycles. The molecule has 1 aliphatic rings. The van der Waals surface area contributed by atoms with E-state index in [9.17, 15) is 0 Å². The summed E-state index contributed by atoms with van der Waals surface area (Å²) in [6.07, 6.45) is 2.53. The molecule has 2 rings (SSSR count). The van der Waals surface area contributed by atoms with Gasteiger partial charge in [0, 0.05) is 17.1 Å². The first-order valence-corrected chi connectivity index (χ1v) is 7.28. The van der Waals surface area contributed by atoms with Crippen molar-refractivity contribution in [2.24, 2.45) is 4.99 Å². The summed E-state index contributed by atoms with van der Waals surface area (Å²) < 4.78 is 1.12. The molecule has 2 N–H and O–H groups in total. The highest BCUT2D eigenvalue weighted by Gasteiger charge is 2.21. The number of aryl methyl sites for hydroxylation is 1. The van der Waals surface area contributed by atoms with Gasteiger partial charge in [-0.15, -0.1) is 24.0 Å². The van der Waals surface area contributed by atoms with Crippen LogP contribution in [0.2, 0.25) is 0 Å². The Labute approximate surface area is 140 Å². The molecular weight excluding hydrogens is 417 g/mol. The Hall–Kier alpha value is -0.300.